The fourth-order valence-corrected chi connectivity index (χ4v) is 5.09. The first-order valence-corrected chi connectivity index (χ1v) is 12.0. The minimum Gasteiger partial charge on any atom is -0.370 e. The Kier molecular flexibility index (Phi) is 6.16. The number of amides is 1. The molecule has 0 bridgehead atoms. The van der Waals surface area contributed by atoms with Gasteiger partial charge in [-0.2, -0.15) is 5.26 Å². The molecule has 1 amide bonds. The van der Waals surface area contributed by atoms with E-state index in [-0.39, 0.29) is 12.0 Å². The number of nitrogens with zero attached hydrogens (tertiary/aromatic N) is 4. The first-order valence-electron chi connectivity index (χ1n) is 12.0. The summed E-state index contributed by atoms with van der Waals surface area (Å²) in [6.45, 7) is 6.22. The first-order chi connectivity index (χ1) is 16.5. The first kappa shape index (κ1) is 22.3. The zero-order valence-corrected chi connectivity index (χ0v) is 19.7. The van der Waals surface area contributed by atoms with Gasteiger partial charge in [0.2, 0.25) is 0 Å². The highest BCUT2D eigenvalue weighted by Crippen LogP contribution is 2.32. The van der Waals surface area contributed by atoms with E-state index < -0.39 is 0 Å². The Morgan fingerprint density at radius 1 is 1.09 bits per heavy atom. The van der Waals surface area contributed by atoms with Gasteiger partial charge in [0.15, 0.2) is 11.6 Å². The van der Waals surface area contributed by atoms with E-state index in [9.17, 15) is 4.79 Å². The molecule has 7 heteroatoms. The summed E-state index contributed by atoms with van der Waals surface area (Å²) in [6, 6.07) is 14.0. The van der Waals surface area contributed by atoms with E-state index in [1.54, 1.807) is 0 Å². The van der Waals surface area contributed by atoms with Crippen LogP contribution in [0.2, 0.25) is 0 Å². The topological polar surface area (TPSA) is 94.9 Å². The molecule has 3 heterocycles. The van der Waals surface area contributed by atoms with Crippen LogP contribution in [0.5, 0.6) is 0 Å². The minimum absolute atomic E-state index is 0.0227. The lowest BCUT2D eigenvalue weighted by Gasteiger charge is -2.32. The number of carbonyl (C=O) groups excluding carboxylic acids is 1. The Bertz CT molecular complexity index is 1230. The number of piperidine rings is 1. The van der Waals surface area contributed by atoms with Crippen LogP contribution in [0.1, 0.15) is 76.1 Å². The van der Waals surface area contributed by atoms with E-state index in [4.69, 9.17) is 10.00 Å². The summed E-state index contributed by atoms with van der Waals surface area (Å²) < 4.78 is 5.72. The second kappa shape index (κ2) is 9.40. The molecule has 1 atom stereocenters. The summed E-state index contributed by atoms with van der Waals surface area (Å²) in [7, 11) is 0. The summed E-state index contributed by atoms with van der Waals surface area (Å²) in [5.74, 6) is 1.91. The number of nitriles is 1. The van der Waals surface area contributed by atoms with Gasteiger partial charge in [0.05, 0.1) is 11.6 Å². The molecule has 5 rings (SSSR count). The Morgan fingerprint density at radius 3 is 2.53 bits per heavy atom. The third kappa shape index (κ3) is 4.34. The van der Waals surface area contributed by atoms with E-state index in [1.807, 2.05) is 49.1 Å². The van der Waals surface area contributed by atoms with Gasteiger partial charge in [0.25, 0.3) is 5.91 Å². The number of benzene rings is 2. The molecule has 34 heavy (non-hydrogen) atoms. The number of H-pyrrole nitrogens is 1. The van der Waals surface area contributed by atoms with Crippen molar-refractivity contribution >= 4 is 5.91 Å². The molecule has 0 radical (unpaired) electrons. The average Bonchev–Trinajstić information content (AvgIpc) is 3.56. The van der Waals surface area contributed by atoms with Crippen LogP contribution in [0.3, 0.4) is 0 Å². The summed E-state index contributed by atoms with van der Waals surface area (Å²) >= 11 is 0. The summed E-state index contributed by atoms with van der Waals surface area (Å²) in [6.07, 6.45) is 3.80. The molecule has 2 aliphatic rings. The van der Waals surface area contributed by atoms with Crippen molar-refractivity contribution in [2.45, 2.75) is 51.6 Å². The third-order valence-electron chi connectivity index (χ3n) is 7.09. The Balaban J connectivity index is 1.32. The van der Waals surface area contributed by atoms with E-state index in [0.717, 1.165) is 67.9 Å². The van der Waals surface area contributed by atoms with Gasteiger partial charge >= 0.3 is 0 Å². The molecule has 0 aliphatic carbocycles. The molecule has 3 aromatic rings. The molecule has 1 N–H and O–H groups in total. The Labute approximate surface area is 199 Å². The quantitative estimate of drug-likeness (QED) is 0.608. The number of aromatic nitrogens is 3. The number of aromatic amines is 1. The summed E-state index contributed by atoms with van der Waals surface area (Å²) in [5, 5.41) is 17.7. The second-order valence-corrected chi connectivity index (χ2v) is 9.34. The van der Waals surface area contributed by atoms with Gasteiger partial charge in [-0.15, -0.1) is 10.2 Å². The summed E-state index contributed by atoms with van der Waals surface area (Å²) in [5.41, 5.74) is 5.57. The predicted octanol–water partition coefficient (Wildman–Crippen LogP) is 4.83. The van der Waals surface area contributed by atoms with Crippen LogP contribution in [-0.4, -0.2) is 45.7 Å². The van der Waals surface area contributed by atoms with Gasteiger partial charge in [-0.1, -0.05) is 18.2 Å². The molecular formula is C27H29N5O2. The van der Waals surface area contributed by atoms with Crippen LogP contribution >= 0.6 is 0 Å². The Morgan fingerprint density at radius 2 is 1.85 bits per heavy atom. The van der Waals surface area contributed by atoms with Crippen molar-refractivity contribution in [1.29, 1.82) is 5.26 Å². The average molecular weight is 456 g/mol. The maximum absolute atomic E-state index is 13.5. The molecule has 0 unspecified atom stereocenters. The molecule has 0 saturated carbocycles. The van der Waals surface area contributed by atoms with Gasteiger partial charge in [0.1, 0.15) is 6.10 Å². The molecule has 174 valence electrons. The number of carbonyl (C=O) groups is 1. The van der Waals surface area contributed by atoms with Crippen molar-refractivity contribution in [3.8, 4) is 17.5 Å². The molecule has 2 aromatic carbocycles. The van der Waals surface area contributed by atoms with Gasteiger partial charge in [-0.25, -0.2) is 0 Å². The lowest BCUT2D eigenvalue weighted by Crippen LogP contribution is -2.38. The van der Waals surface area contributed by atoms with Crippen molar-refractivity contribution in [3.05, 3.63) is 70.0 Å². The van der Waals surface area contributed by atoms with Crippen LogP contribution in [0.4, 0.5) is 0 Å². The van der Waals surface area contributed by atoms with Crippen molar-refractivity contribution < 1.29 is 9.53 Å². The number of hydrogen-bond acceptors (Lipinski definition) is 5. The van der Waals surface area contributed by atoms with Crippen LogP contribution in [-0.2, 0) is 4.74 Å². The molecule has 2 aliphatic heterocycles. The monoisotopic (exact) mass is 455 g/mol. The van der Waals surface area contributed by atoms with Gasteiger partial charge in [-0.05, 0) is 80.3 Å². The SMILES string of the molecule is Cc1cc(C)c(-c2nnc([C@H]3CCCO3)[nH]2)cc1C(=O)N1CCC(c2ccc(C#N)cc2)CC1. The van der Waals surface area contributed by atoms with Crippen LogP contribution < -0.4 is 0 Å². The number of aryl methyl sites for hydroxylation is 2. The number of ether oxygens (including phenoxy) is 1. The Hall–Kier alpha value is -3.50. The predicted molar refractivity (Wildman–Crippen MR) is 128 cm³/mol. The van der Waals surface area contributed by atoms with Crippen molar-refractivity contribution in [2.75, 3.05) is 19.7 Å². The molecule has 2 saturated heterocycles. The van der Waals surface area contributed by atoms with Crippen LogP contribution in [0.15, 0.2) is 36.4 Å². The summed E-state index contributed by atoms with van der Waals surface area (Å²) in [4.78, 5) is 18.8. The smallest absolute Gasteiger partial charge is 0.254 e. The second-order valence-electron chi connectivity index (χ2n) is 9.34. The highest BCUT2D eigenvalue weighted by Gasteiger charge is 2.27. The lowest BCUT2D eigenvalue weighted by atomic mass is 9.88. The highest BCUT2D eigenvalue weighted by molar-refractivity contribution is 5.97. The van der Waals surface area contributed by atoms with Gasteiger partial charge < -0.3 is 14.6 Å². The molecular weight excluding hydrogens is 426 g/mol. The van der Waals surface area contributed by atoms with Gasteiger partial charge in [0, 0.05) is 30.8 Å². The van der Waals surface area contributed by atoms with Crippen molar-refractivity contribution in [1.82, 2.24) is 20.1 Å². The fourth-order valence-electron chi connectivity index (χ4n) is 5.09. The fraction of sp³-hybridized carbons (Fsp3) is 0.407. The number of likely N-dealkylation sites (tertiary alicyclic amines) is 1. The zero-order chi connectivity index (χ0) is 23.7. The number of nitrogens with one attached hydrogen (secondary N) is 1. The van der Waals surface area contributed by atoms with Gasteiger partial charge in [-0.3, -0.25) is 4.79 Å². The third-order valence-corrected chi connectivity index (χ3v) is 7.09. The van der Waals surface area contributed by atoms with E-state index in [0.29, 0.717) is 22.9 Å². The van der Waals surface area contributed by atoms with E-state index >= 15 is 0 Å². The van der Waals surface area contributed by atoms with Crippen molar-refractivity contribution in [3.63, 3.8) is 0 Å². The minimum atomic E-state index is -0.0227. The van der Waals surface area contributed by atoms with Crippen LogP contribution in [0, 0.1) is 25.2 Å². The molecule has 7 nitrogen and oxygen atoms in total. The molecule has 2 fully saturated rings. The zero-order valence-electron chi connectivity index (χ0n) is 19.7. The molecule has 0 spiro atoms. The molecule has 1 aromatic heterocycles. The number of hydrogen-bond donors (Lipinski definition) is 1. The lowest BCUT2D eigenvalue weighted by molar-refractivity contribution is 0.0712. The number of rotatable bonds is 4. The van der Waals surface area contributed by atoms with Crippen molar-refractivity contribution in [2.24, 2.45) is 0 Å². The standard InChI is InChI=1S/C27H29N5O2/c1-17-14-18(2)23(15-22(17)25-29-26(31-30-25)24-4-3-13-34-24)27(33)32-11-9-21(10-12-32)20-7-5-19(16-28)6-8-20/h5-8,14-15,21,24H,3-4,9-13H2,1-2H3,(H,29,30,31)/t24-/m1/s1. The van der Waals surface area contributed by atoms with E-state index in [2.05, 4.69) is 27.3 Å². The van der Waals surface area contributed by atoms with Crippen LogP contribution in [0.25, 0.3) is 11.4 Å². The normalized spacial score (nSPS) is 18.7. The maximum atomic E-state index is 13.5. The maximum Gasteiger partial charge on any atom is 0.254 e. The largest absolute Gasteiger partial charge is 0.370 e. The van der Waals surface area contributed by atoms with E-state index in [1.165, 1.54) is 5.56 Å². The highest BCUT2D eigenvalue weighted by atomic mass is 16.5.